The van der Waals surface area contributed by atoms with Gasteiger partial charge in [0.1, 0.15) is 5.69 Å². The van der Waals surface area contributed by atoms with Crippen molar-refractivity contribution < 1.29 is 4.79 Å². The number of carbonyl (C=O) groups excluding carboxylic acids is 1. The van der Waals surface area contributed by atoms with Crippen LogP contribution >= 0.6 is 0 Å². The SMILES string of the molecule is Cn1c(=O)[nH]cc(NC=O)c1=O. The highest BCUT2D eigenvalue weighted by Crippen LogP contribution is 1.88. The lowest BCUT2D eigenvalue weighted by Gasteiger charge is -1.98. The molecule has 1 rings (SSSR count). The number of hydrogen-bond donors (Lipinski definition) is 2. The molecule has 64 valence electrons. The zero-order valence-electron chi connectivity index (χ0n) is 6.33. The normalized spacial score (nSPS) is 9.42. The van der Waals surface area contributed by atoms with Crippen molar-refractivity contribution in [2.24, 2.45) is 7.05 Å². The van der Waals surface area contributed by atoms with Gasteiger partial charge in [0.15, 0.2) is 0 Å². The molecule has 0 aliphatic carbocycles. The van der Waals surface area contributed by atoms with Crippen LogP contribution in [0, 0.1) is 0 Å². The van der Waals surface area contributed by atoms with Crippen molar-refractivity contribution >= 4 is 12.1 Å². The lowest BCUT2D eigenvalue weighted by Crippen LogP contribution is -2.33. The number of hydrogen-bond acceptors (Lipinski definition) is 3. The van der Waals surface area contributed by atoms with Crippen molar-refractivity contribution in [2.45, 2.75) is 0 Å². The maximum Gasteiger partial charge on any atom is 0.328 e. The second kappa shape index (κ2) is 3.04. The van der Waals surface area contributed by atoms with Gasteiger partial charge in [-0.05, 0) is 0 Å². The fraction of sp³-hybridized carbons (Fsp3) is 0.167. The van der Waals surface area contributed by atoms with E-state index in [0.717, 1.165) is 10.8 Å². The Morgan fingerprint density at radius 1 is 1.58 bits per heavy atom. The highest BCUT2D eigenvalue weighted by atomic mass is 16.2. The summed E-state index contributed by atoms with van der Waals surface area (Å²) in [5, 5.41) is 2.16. The summed E-state index contributed by atoms with van der Waals surface area (Å²) < 4.78 is 0.867. The number of nitrogens with zero attached hydrogens (tertiary/aromatic N) is 1. The fourth-order valence-corrected chi connectivity index (χ4v) is 0.732. The predicted molar refractivity (Wildman–Crippen MR) is 42.0 cm³/mol. The van der Waals surface area contributed by atoms with E-state index in [1.165, 1.54) is 7.05 Å². The molecular formula is C6H7N3O3. The third-order valence-corrected chi connectivity index (χ3v) is 1.39. The Bertz CT molecular complexity index is 403. The van der Waals surface area contributed by atoms with Crippen LogP contribution in [0.15, 0.2) is 15.8 Å². The lowest BCUT2D eigenvalue weighted by molar-refractivity contribution is -0.105. The van der Waals surface area contributed by atoms with Crippen molar-refractivity contribution in [3.05, 3.63) is 27.0 Å². The quantitative estimate of drug-likeness (QED) is 0.536. The molecule has 0 aromatic carbocycles. The third kappa shape index (κ3) is 1.26. The molecule has 1 amide bonds. The topological polar surface area (TPSA) is 84.0 Å². The Hall–Kier alpha value is -1.85. The van der Waals surface area contributed by atoms with Gasteiger partial charge in [-0.1, -0.05) is 0 Å². The van der Waals surface area contributed by atoms with Crippen LogP contribution in [0.1, 0.15) is 0 Å². The summed E-state index contributed by atoms with van der Waals surface area (Å²) in [6, 6.07) is 0. The number of amides is 1. The molecule has 2 N–H and O–H groups in total. The van der Waals surface area contributed by atoms with Crippen LogP contribution in [0.3, 0.4) is 0 Å². The Morgan fingerprint density at radius 3 is 2.83 bits per heavy atom. The highest BCUT2D eigenvalue weighted by molar-refractivity contribution is 5.69. The van der Waals surface area contributed by atoms with E-state index >= 15 is 0 Å². The predicted octanol–water partition coefficient (Wildman–Crippen LogP) is -1.36. The smallest absolute Gasteiger partial charge is 0.323 e. The maximum absolute atomic E-state index is 11.1. The number of H-pyrrole nitrogens is 1. The zero-order valence-corrected chi connectivity index (χ0v) is 6.33. The minimum absolute atomic E-state index is 0.0482. The van der Waals surface area contributed by atoms with Crippen molar-refractivity contribution in [3.63, 3.8) is 0 Å². The van der Waals surface area contributed by atoms with E-state index in [-0.39, 0.29) is 5.69 Å². The number of nitrogens with one attached hydrogen (secondary N) is 2. The molecule has 12 heavy (non-hydrogen) atoms. The van der Waals surface area contributed by atoms with Crippen LogP contribution in [0.5, 0.6) is 0 Å². The van der Waals surface area contributed by atoms with Gasteiger partial charge in [0, 0.05) is 13.2 Å². The molecule has 0 atom stereocenters. The first kappa shape index (κ1) is 8.25. The molecule has 0 bridgehead atoms. The van der Waals surface area contributed by atoms with Gasteiger partial charge in [-0.2, -0.15) is 0 Å². The van der Waals surface area contributed by atoms with Crippen LogP contribution in [-0.4, -0.2) is 16.0 Å². The molecular weight excluding hydrogens is 162 g/mol. The molecule has 0 aliphatic heterocycles. The molecule has 0 fully saturated rings. The lowest BCUT2D eigenvalue weighted by atomic mass is 10.5. The molecule has 6 nitrogen and oxygen atoms in total. The van der Waals surface area contributed by atoms with Gasteiger partial charge in [0.2, 0.25) is 6.41 Å². The van der Waals surface area contributed by atoms with Gasteiger partial charge in [-0.15, -0.1) is 0 Å². The van der Waals surface area contributed by atoms with Crippen molar-refractivity contribution in [1.29, 1.82) is 0 Å². The zero-order chi connectivity index (χ0) is 9.14. The molecule has 0 saturated heterocycles. The summed E-state index contributed by atoms with van der Waals surface area (Å²) in [4.78, 5) is 34.1. The van der Waals surface area contributed by atoms with E-state index in [1.54, 1.807) is 0 Å². The van der Waals surface area contributed by atoms with E-state index in [9.17, 15) is 14.4 Å². The van der Waals surface area contributed by atoms with E-state index < -0.39 is 11.2 Å². The average molecular weight is 169 g/mol. The Labute approximate surface area is 66.8 Å². The molecule has 6 heteroatoms. The molecule has 1 heterocycles. The average Bonchev–Trinajstić information content (AvgIpc) is 2.07. The summed E-state index contributed by atoms with van der Waals surface area (Å²) in [6.45, 7) is 0. The molecule has 0 spiro atoms. The molecule has 0 saturated carbocycles. The van der Waals surface area contributed by atoms with Crippen LogP contribution in [0.2, 0.25) is 0 Å². The third-order valence-electron chi connectivity index (χ3n) is 1.39. The Kier molecular flexibility index (Phi) is 2.09. The summed E-state index contributed by atoms with van der Waals surface area (Å²) >= 11 is 0. The summed E-state index contributed by atoms with van der Waals surface area (Å²) in [7, 11) is 1.32. The van der Waals surface area contributed by atoms with Crippen molar-refractivity contribution in [1.82, 2.24) is 9.55 Å². The minimum Gasteiger partial charge on any atom is -0.323 e. The van der Waals surface area contributed by atoms with Gasteiger partial charge in [0.05, 0.1) is 0 Å². The first-order chi connectivity index (χ1) is 5.66. The summed E-state index contributed by atoms with van der Waals surface area (Å²) in [5.41, 5.74) is -1.01. The number of anilines is 1. The summed E-state index contributed by atoms with van der Waals surface area (Å²) in [5.74, 6) is 0. The molecule has 0 unspecified atom stereocenters. The van der Waals surface area contributed by atoms with Crippen LogP contribution < -0.4 is 16.6 Å². The number of rotatable bonds is 2. The van der Waals surface area contributed by atoms with Crippen LogP contribution in [0.25, 0.3) is 0 Å². The van der Waals surface area contributed by atoms with E-state index in [1.807, 2.05) is 0 Å². The standard InChI is InChI=1S/C6H7N3O3/c1-9-5(11)4(8-3-10)2-7-6(9)12/h2-3H,1H3,(H,7,12)(H,8,10). The van der Waals surface area contributed by atoms with Gasteiger partial charge in [-0.3, -0.25) is 14.2 Å². The first-order valence-electron chi connectivity index (χ1n) is 3.15. The second-order valence-electron chi connectivity index (χ2n) is 2.13. The van der Waals surface area contributed by atoms with E-state index in [2.05, 4.69) is 10.3 Å². The van der Waals surface area contributed by atoms with Crippen molar-refractivity contribution in [2.75, 3.05) is 5.32 Å². The summed E-state index contributed by atoms with van der Waals surface area (Å²) in [6.07, 6.45) is 1.52. The fourth-order valence-electron chi connectivity index (χ4n) is 0.732. The maximum atomic E-state index is 11.1. The number of aromatic amines is 1. The van der Waals surface area contributed by atoms with E-state index in [4.69, 9.17) is 0 Å². The van der Waals surface area contributed by atoms with E-state index in [0.29, 0.717) is 6.41 Å². The molecule has 1 aromatic rings. The molecule has 1 aromatic heterocycles. The highest BCUT2D eigenvalue weighted by Gasteiger charge is 2.01. The largest absolute Gasteiger partial charge is 0.328 e. The second-order valence-corrected chi connectivity index (χ2v) is 2.13. The van der Waals surface area contributed by atoms with Crippen LogP contribution in [-0.2, 0) is 11.8 Å². The van der Waals surface area contributed by atoms with Crippen molar-refractivity contribution in [3.8, 4) is 0 Å². The monoisotopic (exact) mass is 169 g/mol. The van der Waals surface area contributed by atoms with Gasteiger partial charge < -0.3 is 10.3 Å². The van der Waals surface area contributed by atoms with Crippen LogP contribution in [0.4, 0.5) is 5.69 Å². The van der Waals surface area contributed by atoms with Gasteiger partial charge >= 0.3 is 5.69 Å². The molecule has 0 radical (unpaired) electrons. The number of carbonyl (C=O) groups is 1. The van der Waals surface area contributed by atoms with Gasteiger partial charge in [-0.25, -0.2) is 4.79 Å². The Morgan fingerprint density at radius 2 is 2.25 bits per heavy atom. The Balaban J connectivity index is 3.36. The van der Waals surface area contributed by atoms with Gasteiger partial charge in [0.25, 0.3) is 5.56 Å². The first-order valence-corrected chi connectivity index (χ1v) is 3.15. The molecule has 0 aliphatic rings. The minimum atomic E-state index is -0.536. The number of aromatic nitrogens is 2.